The molecule has 0 aliphatic heterocycles. The fourth-order valence-electron chi connectivity index (χ4n) is 1.53. The molecule has 0 unspecified atom stereocenters. The van der Waals surface area contributed by atoms with Crippen LogP contribution < -0.4 is 0 Å². The third-order valence-electron chi connectivity index (χ3n) is 2.33. The van der Waals surface area contributed by atoms with Crippen LogP contribution >= 0.6 is 0 Å². The van der Waals surface area contributed by atoms with E-state index >= 15 is 0 Å². The molecule has 1 aliphatic rings. The van der Waals surface area contributed by atoms with Crippen LogP contribution in [-0.2, 0) is 4.79 Å². The molecule has 0 spiro atoms. The third-order valence-corrected chi connectivity index (χ3v) is 2.33. The number of aliphatic hydroxyl groups excluding tert-OH is 1. The minimum atomic E-state index is -0.0681. The second kappa shape index (κ2) is 4.29. The van der Waals surface area contributed by atoms with Crippen LogP contribution in [0.4, 0.5) is 0 Å². The second-order valence-electron chi connectivity index (χ2n) is 3.33. The smallest absolute Gasteiger partial charge is 0.197 e. The van der Waals surface area contributed by atoms with E-state index in [1.807, 2.05) is 0 Å². The van der Waals surface area contributed by atoms with E-state index < -0.39 is 0 Å². The van der Waals surface area contributed by atoms with Crippen LogP contribution in [0.3, 0.4) is 0 Å². The Morgan fingerprint density at radius 1 is 1.33 bits per heavy atom. The van der Waals surface area contributed by atoms with Crippen molar-refractivity contribution in [2.45, 2.75) is 45.4 Å². The number of carbonyl (C=O) groups is 1. The van der Waals surface area contributed by atoms with Crippen LogP contribution in [0.25, 0.3) is 0 Å². The number of Topliss-reactive ketones (excluding diaryl/α,β-unsaturated/α-hetero) is 1. The third kappa shape index (κ3) is 2.10. The fourth-order valence-corrected chi connectivity index (χ4v) is 1.53. The van der Waals surface area contributed by atoms with Gasteiger partial charge in [-0.2, -0.15) is 0 Å². The van der Waals surface area contributed by atoms with Gasteiger partial charge in [0.15, 0.2) is 11.5 Å². The van der Waals surface area contributed by atoms with Crippen molar-refractivity contribution in [2.24, 2.45) is 0 Å². The number of hydrogen-bond donors (Lipinski definition) is 1. The average Bonchev–Trinajstić information content (AvgIpc) is 2.36. The Morgan fingerprint density at radius 3 is 2.58 bits per heavy atom. The van der Waals surface area contributed by atoms with Gasteiger partial charge < -0.3 is 5.11 Å². The number of aliphatic hydroxyl groups is 1. The summed E-state index contributed by atoms with van der Waals surface area (Å²) in [5.41, 5.74) is 0.980. The molecular formula is C10H16O2. The Bertz CT molecular complexity index is 204. The van der Waals surface area contributed by atoms with Crippen molar-refractivity contribution in [1.29, 1.82) is 0 Å². The first-order chi connectivity index (χ1) is 5.75. The van der Waals surface area contributed by atoms with Gasteiger partial charge in [0.2, 0.25) is 0 Å². The van der Waals surface area contributed by atoms with Crippen LogP contribution in [0.15, 0.2) is 11.3 Å². The van der Waals surface area contributed by atoms with E-state index in [0.29, 0.717) is 6.42 Å². The summed E-state index contributed by atoms with van der Waals surface area (Å²) >= 11 is 0. The lowest BCUT2D eigenvalue weighted by Gasteiger charge is -1.99. The predicted molar refractivity (Wildman–Crippen MR) is 48.0 cm³/mol. The first kappa shape index (κ1) is 9.30. The normalized spacial score (nSPS) is 17.6. The molecule has 0 aromatic carbocycles. The molecule has 1 N–H and O–H groups in total. The zero-order valence-electron chi connectivity index (χ0n) is 7.60. The molecule has 2 nitrogen and oxygen atoms in total. The maximum absolute atomic E-state index is 10.9. The molecule has 0 heterocycles. The quantitative estimate of drug-likeness (QED) is 0.655. The largest absolute Gasteiger partial charge is 0.504 e. The van der Waals surface area contributed by atoms with Crippen molar-refractivity contribution >= 4 is 5.78 Å². The lowest BCUT2D eigenvalue weighted by molar-refractivity contribution is -0.117. The van der Waals surface area contributed by atoms with Crippen molar-refractivity contribution < 1.29 is 9.90 Å². The topological polar surface area (TPSA) is 37.3 Å². The SMILES string of the molecule is CCCCCC1=C(O)C(=O)CC1. The van der Waals surface area contributed by atoms with Crippen molar-refractivity contribution in [2.75, 3.05) is 0 Å². The molecule has 1 aliphatic carbocycles. The van der Waals surface area contributed by atoms with Gasteiger partial charge in [0.25, 0.3) is 0 Å². The van der Waals surface area contributed by atoms with Crippen molar-refractivity contribution in [3.63, 3.8) is 0 Å². The second-order valence-corrected chi connectivity index (χ2v) is 3.33. The number of hydrogen-bond acceptors (Lipinski definition) is 2. The van der Waals surface area contributed by atoms with Gasteiger partial charge >= 0.3 is 0 Å². The summed E-state index contributed by atoms with van der Waals surface area (Å²) in [4.78, 5) is 10.9. The number of carbonyl (C=O) groups excluding carboxylic acids is 1. The summed E-state index contributed by atoms with van der Waals surface area (Å²) in [5, 5.41) is 9.29. The summed E-state index contributed by atoms with van der Waals surface area (Å²) in [5.74, 6) is -0.00685. The number of unbranched alkanes of at least 4 members (excludes halogenated alkanes) is 2. The van der Waals surface area contributed by atoms with E-state index in [2.05, 4.69) is 6.92 Å². The van der Waals surface area contributed by atoms with E-state index in [4.69, 9.17) is 0 Å². The molecule has 0 radical (unpaired) electrons. The highest BCUT2D eigenvalue weighted by molar-refractivity contribution is 5.96. The van der Waals surface area contributed by atoms with Crippen LogP contribution in [-0.4, -0.2) is 10.9 Å². The van der Waals surface area contributed by atoms with Crippen molar-refractivity contribution in [3.8, 4) is 0 Å². The maximum atomic E-state index is 10.9. The first-order valence-electron chi connectivity index (χ1n) is 4.70. The maximum Gasteiger partial charge on any atom is 0.197 e. The van der Waals surface area contributed by atoms with Crippen LogP contribution in [0.2, 0.25) is 0 Å². The molecule has 0 fully saturated rings. The molecule has 0 atom stereocenters. The Balaban J connectivity index is 2.37. The Morgan fingerprint density at radius 2 is 2.08 bits per heavy atom. The fraction of sp³-hybridized carbons (Fsp3) is 0.700. The Labute approximate surface area is 73.3 Å². The molecule has 0 aromatic rings. The molecule has 12 heavy (non-hydrogen) atoms. The van der Waals surface area contributed by atoms with Gasteiger partial charge in [-0.05, 0) is 24.8 Å². The monoisotopic (exact) mass is 168 g/mol. The molecule has 0 aromatic heterocycles. The average molecular weight is 168 g/mol. The summed E-state index contributed by atoms with van der Waals surface area (Å²) in [6.07, 6.45) is 5.68. The van der Waals surface area contributed by atoms with Gasteiger partial charge in [-0.25, -0.2) is 0 Å². The molecular weight excluding hydrogens is 152 g/mol. The molecule has 1 rings (SSSR count). The van der Waals surface area contributed by atoms with E-state index in [9.17, 15) is 9.90 Å². The van der Waals surface area contributed by atoms with Gasteiger partial charge in [-0.3, -0.25) is 4.79 Å². The highest BCUT2D eigenvalue weighted by atomic mass is 16.3. The standard InChI is InChI=1S/C10H16O2/c1-2-3-4-5-8-6-7-9(11)10(8)12/h12H,2-7H2,1H3. The molecule has 0 saturated heterocycles. The highest BCUT2D eigenvalue weighted by Gasteiger charge is 2.21. The molecule has 2 heteroatoms. The van der Waals surface area contributed by atoms with Gasteiger partial charge in [-0.1, -0.05) is 19.8 Å². The van der Waals surface area contributed by atoms with Crippen molar-refractivity contribution in [1.82, 2.24) is 0 Å². The summed E-state index contributed by atoms with van der Waals surface area (Å²) in [6, 6.07) is 0. The highest BCUT2D eigenvalue weighted by Crippen LogP contribution is 2.25. The number of rotatable bonds is 4. The molecule has 0 amide bonds. The summed E-state index contributed by atoms with van der Waals surface area (Å²) in [6.45, 7) is 2.15. The molecule has 0 bridgehead atoms. The van der Waals surface area contributed by atoms with Crippen LogP contribution in [0.1, 0.15) is 45.4 Å². The zero-order valence-corrected chi connectivity index (χ0v) is 7.60. The summed E-state index contributed by atoms with van der Waals surface area (Å²) in [7, 11) is 0. The van der Waals surface area contributed by atoms with Gasteiger partial charge in [-0.15, -0.1) is 0 Å². The number of allylic oxidation sites excluding steroid dienone is 2. The van der Waals surface area contributed by atoms with Crippen LogP contribution in [0, 0.1) is 0 Å². The van der Waals surface area contributed by atoms with Crippen molar-refractivity contribution in [3.05, 3.63) is 11.3 Å². The van der Waals surface area contributed by atoms with Crippen LogP contribution in [0.5, 0.6) is 0 Å². The Hall–Kier alpha value is -0.790. The Kier molecular flexibility index (Phi) is 3.32. The van der Waals surface area contributed by atoms with E-state index in [0.717, 1.165) is 24.8 Å². The zero-order chi connectivity index (χ0) is 8.97. The molecule has 0 saturated carbocycles. The molecule has 68 valence electrons. The lowest BCUT2D eigenvalue weighted by atomic mass is 10.1. The summed E-state index contributed by atoms with van der Waals surface area (Å²) < 4.78 is 0. The van der Waals surface area contributed by atoms with Gasteiger partial charge in [0.05, 0.1) is 0 Å². The first-order valence-corrected chi connectivity index (χ1v) is 4.70. The lowest BCUT2D eigenvalue weighted by Crippen LogP contribution is -1.94. The minimum absolute atomic E-state index is 0.0612. The van der Waals surface area contributed by atoms with Gasteiger partial charge in [0.1, 0.15) is 0 Å². The van der Waals surface area contributed by atoms with Gasteiger partial charge in [0, 0.05) is 6.42 Å². The van der Waals surface area contributed by atoms with E-state index in [-0.39, 0.29) is 11.5 Å². The van der Waals surface area contributed by atoms with E-state index in [1.54, 1.807) is 0 Å². The minimum Gasteiger partial charge on any atom is -0.504 e. The van der Waals surface area contributed by atoms with E-state index in [1.165, 1.54) is 12.8 Å². The predicted octanol–water partition coefficient (Wildman–Crippen LogP) is 2.74. The number of ketones is 1.